The van der Waals surface area contributed by atoms with Crippen LogP contribution in [0.15, 0.2) is 64.2 Å². The third-order valence-electron chi connectivity index (χ3n) is 7.71. The molecule has 1 heterocycles. The smallest absolute Gasteiger partial charge is 0.254 e. The predicted octanol–water partition coefficient (Wildman–Crippen LogP) is 4.96. The molecule has 1 aliphatic heterocycles. The van der Waals surface area contributed by atoms with Crippen molar-refractivity contribution in [3.05, 3.63) is 70.2 Å². The van der Waals surface area contributed by atoms with Crippen molar-refractivity contribution in [2.45, 2.75) is 26.4 Å². The van der Waals surface area contributed by atoms with Crippen LogP contribution in [0.5, 0.6) is 11.5 Å². The maximum Gasteiger partial charge on any atom is 0.254 e. The van der Waals surface area contributed by atoms with Gasteiger partial charge in [-0.05, 0) is 76.2 Å². The average molecular weight is 521 g/mol. The van der Waals surface area contributed by atoms with Crippen molar-refractivity contribution in [2.24, 2.45) is 34.2 Å². The van der Waals surface area contributed by atoms with Crippen molar-refractivity contribution in [3.8, 4) is 11.5 Å². The molecule has 0 aromatic heterocycles. The number of hydrazone groups is 1. The third kappa shape index (κ3) is 3.24. The minimum atomic E-state index is -0.248. The average Bonchev–Trinajstić information content (AvgIpc) is 3.43. The maximum absolute atomic E-state index is 13.1. The fourth-order valence-corrected chi connectivity index (χ4v) is 6.67. The van der Waals surface area contributed by atoms with Gasteiger partial charge in [0, 0.05) is 0 Å². The Kier molecular flexibility index (Phi) is 5.13. The molecule has 4 atom stereocenters. The molecule has 0 unspecified atom stereocenters. The van der Waals surface area contributed by atoms with Gasteiger partial charge in [0.15, 0.2) is 11.5 Å². The summed E-state index contributed by atoms with van der Waals surface area (Å²) in [5, 5.41) is 5.42. The van der Waals surface area contributed by atoms with Gasteiger partial charge in [-0.3, -0.25) is 9.59 Å². The number of ether oxygens (including phenoxy) is 2. The lowest BCUT2D eigenvalue weighted by Gasteiger charge is -2.18. The summed E-state index contributed by atoms with van der Waals surface area (Å²) in [5.41, 5.74) is 1.94. The number of rotatable bonds is 7. The summed E-state index contributed by atoms with van der Waals surface area (Å²) in [4.78, 5) is 26.3. The number of fused-ring (bicyclic) bond motifs is 3. The van der Waals surface area contributed by atoms with Crippen LogP contribution >= 0.6 is 15.9 Å². The van der Waals surface area contributed by atoms with E-state index < -0.39 is 0 Å². The first-order valence-electron chi connectivity index (χ1n) is 11.8. The highest BCUT2D eigenvalue weighted by molar-refractivity contribution is 9.10. The van der Waals surface area contributed by atoms with Crippen molar-refractivity contribution in [3.63, 3.8) is 0 Å². The molecule has 34 heavy (non-hydrogen) atoms. The van der Waals surface area contributed by atoms with Gasteiger partial charge in [0.05, 0.1) is 29.1 Å². The van der Waals surface area contributed by atoms with Crippen molar-refractivity contribution >= 4 is 34.0 Å². The molecule has 174 valence electrons. The number of imide groups is 1. The van der Waals surface area contributed by atoms with Crippen molar-refractivity contribution in [1.82, 2.24) is 5.01 Å². The molecule has 4 aliphatic rings. The summed E-state index contributed by atoms with van der Waals surface area (Å²) in [6.45, 7) is 2.79. The largest absolute Gasteiger partial charge is 0.490 e. The molecule has 2 saturated carbocycles. The Labute approximate surface area is 206 Å². The van der Waals surface area contributed by atoms with Crippen LogP contribution in [-0.4, -0.2) is 29.6 Å². The molecule has 0 radical (unpaired) electrons. The number of amides is 2. The van der Waals surface area contributed by atoms with Gasteiger partial charge in [-0.25, -0.2) is 0 Å². The summed E-state index contributed by atoms with van der Waals surface area (Å²) in [5.74, 6) is 0.731. The van der Waals surface area contributed by atoms with Gasteiger partial charge in [0.25, 0.3) is 11.8 Å². The Morgan fingerprint density at radius 3 is 2.35 bits per heavy atom. The molecule has 2 bridgehead atoms. The Morgan fingerprint density at radius 2 is 1.74 bits per heavy atom. The van der Waals surface area contributed by atoms with Crippen LogP contribution in [-0.2, 0) is 16.2 Å². The molecule has 2 amide bonds. The zero-order valence-electron chi connectivity index (χ0n) is 18.8. The Hall–Kier alpha value is -2.93. The molecular weight excluding hydrogens is 496 g/mol. The summed E-state index contributed by atoms with van der Waals surface area (Å²) in [7, 11) is 0. The Morgan fingerprint density at radius 1 is 1.06 bits per heavy atom. The van der Waals surface area contributed by atoms with E-state index in [1.807, 2.05) is 49.4 Å². The van der Waals surface area contributed by atoms with Crippen molar-refractivity contribution in [1.29, 1.82) is 0 Å². The van der Waals surface area contributed by atoms with E-state index in [0.717, 1.165) is 23.4 Å². The summed E-state index contributed by atoms with van der Waals surface area (Å²) < 4.78 is 12.6. The van der Waals surface area contributed by atoms with Gasteiger partial charge in [-0.15, -0.1) is 0 Å². The van der Waals surface area contributed by atoms with Crippen molar-refractivity contribution < 1.29 is 19.1 Å². The van der Waals surface area contributed by atoms with E-state index in [9.17, 15) is 9.59 Å². The highest BCUT2D eigenvalue weighted by Gasteiger charge is 2.73. The molecule has 7 heteroatoms. The van der Waals surface area contributed by atoms with Gasteiger partial charge in [-0.2, -0.15) is 10.1 Å². The second kappa shape index (κ2) is 8.08. The van der Waals surface area contributed by atoms with E-state index in [0.29, 0.717) is 34.7 Å². The quantitative estimate of drug-likeness (QED) is 0.294. The number of halogens is 1. The normalized spacial score (nSPS) is 27.8. The maximum atomic E-state index is 13.1. The van der Waals surface area contributed by atoms with Gasteiger partial charge in [0.2, 0.25) is 0 Å². The van der Waals surface area contributed by atoms with Crippen LogP contribution in [0.3, 0.4) is 0 Å². The molecule has 1 saturated heterocycles. The standard InChI is InChI=1S/C27H25BrN2O4/c1-2-33-21-13-17(12-20(28)24(21)34-15-16-6-4-3-5-7-16)14-29-30-25(31)22-18-8-9-19(23(22)26(30)32)27(18)10-11-27/h3-9,12-14,18-19,22-23H,2,10-11,15H2,1H3/b29-14-/t18-,19-,22-,23+/m1/s1. The van der Waals surface area contributed by atoms with Gasteiger partial charge >= 0.3 is 0 Å². The highest BCUT2D eigenvalue weighted by Crippen LogP contribution is 2.73. The lowest BCUT2D eigenvalue weighted by atomic mass is 9.85. The minimum absolute atomic E-state index is 0.165. The molecule has 0 N–H and O–H groups in total. The van der Waals surface area contributed by atoms with E-state index in [1.54, 1.807) is 6.21 Å². The van der Waals surface area contributed by atoms with E-state index in [1.165, 1.54) is 0 Å². The van der Waals surface area contributed by atoms with Crippen LogP contribution in [0.4, 0.5) is 0 Å². The lowest BCUT2D eigenvalue weighted by molar-refractivity contribution is -0.141. The van der Waals surface area contributed by atoms with E-state index in [4.69, 9.17) is 9.47 Å². The van der Waals surface area contributed by atoms with E-state index >= 15 is 0 Å². The van der Waals surface area contributed by atoms with Crippen LogP contribution < -0.4 is 9.47 Å². The van der Waals surface area contributed by atoms with Crippen LogP contribution in [0, 0.1) is 29.1 Å². The number of hydrogen-bond donors (Lipinski definition) is 0. The second-order valence-electron chi connectivity index (χ2n) is 9.49. The first kappa shape index (κ1) is 21.6. The fraction of sp³-hybridized carbons (Fsp3) is 0.370. The predicted molar refractivity (Wildman–Crippen MR) is 130 cm³/mol. The molecule has 6 nitrogen and oxygen atoms in total. The number of carbonyl (C=O) groups is 2. The van der Waals surface area contributed by atoms with E-state index in [-0.39, 0.29) is 40.9 Å². The van der Waals surface area contributed by atoms with E-state index in [2.05, 4.69) is 33.2 Å². The topological polar surface area (TPSA) is 68.2 Å². The number of nitrogens with zero attached hydrogens (tertiary/aromatic N) is 2. The first-order valence-corrected chi connectivity index (χ1v) is 12.6. The molecule has 6 rings (SSSR count). The monoisotopic (exact) mass is 520 g/mol. The lowest BCUT2D eigenvalue weighted by Crippen LogP contribution is -2.30. The molecule has 1 spiro atoms. The molecular formula is C27H25BrN2O4. The minimum Gasteiger partial charge on any atom is -0.490 e. The van der Waals surface area contributed by atoms with Gasteiger partial charge < -0.3 is 9.47 Å². The van der Waals surface area contributed by atoms with Gasteiger partial charge in [0.1, 0.15) is 6.61 Å². The first-order chi connectivity index (χ1) is 16.5. The van der Waals surface area contributed by atoms with Crippen LogP contribution in [0.1, 0.15) is 30.9 Å². The SMILES string of the molecule is CCOc1cc(/C=N\N2C(=O)[C@@H]3[C@H](C2=O)[C@H]2C=C[C@H]3C23CC3)cc(Br)c1OCc1ccccc1. The van der Waals surface area contributed by atoms with Gasteiger partial charge in [-0.1, -0.05) is 42.5 Å². The zero-order chi connectivity index (χ0) is 23.4. The summed E-state index contributed by atoms with van der Waals surface area (Å²) >= 11 is 3.58. The Bertz CT molecular complexity index is 1190. The molecule has 3 aliphatic carbocycles. The highest BCUT2D eigenvalue weighted by atomic mass is 79.9. The third-order valence-corrected chi connectivity index (χ3v) is 8.30. The number of allylic oxidation sites excluding steroid dienone is 2. The van der Waals surface area contributed by atoms with Crippen molar-refractivity contribution in [2.75, 3.05) is 6.61 Å². The second-order valence-corrected chi connectivity index (χ2v) is 10.3. The fourth-order valence-electron chi connectivity index (χ4n) is 6.10. The number of carbonyl (C=O) groups excluding carboxylic acids is 2. The number of hydrogen-bond acceptors (Lipinski definition) is 5. The summed E-state index contributed by atoms with van der Waals surface area (Å²) in [6.07, 6.45) is 8.12. The van der Waals surface area contributed by atoms with Crippen LogP contribution in [0.2, 0.25) is 0 Å². The summed E-state index contributed by atoms with van der Waals surface area (Å²) in [6, 6.07) is 13.6. The number of benzene rings is 2. The van der Waals surface area contributed by atoms with Crippen LogP contribution in [0.25, 0.3) is 0 Å². The Balaban J connectivity index is 1.22. The molecule has 2 aromatic rings. The molecule has 3 fully saturated rings. The molecule has 2 aromatic carbocycles. The zero-order valence-corrected chi connectivity index (χ0v) is 20.4.